The molecule has 0 aliphatic rings. The zero-order valence-electron chi connectivity index (χ0n) is 8.84. The molecule has 0 atom stereocenters. The van der Waals surface area contributed by atoms with Crippen molar-refractivity contribution in [3.63, 3.8) is 0 Å². The molecule has 0 bridgehead atoms. The fraction of sp³-hybridized carbons (Fsp3) is 0.167. The fourth-order valence-electron chi connectivity index (χ4n) is 1.27. The van der Waals surface area contributed by atoms with Crippen LogP contribution in [0.3, 0.4) is 0 Å². The minimum absolute atomic E-state index is 0.212. The summed E-state index contributed by atoms with van der Waals surface area (Å²) in [5, 5.41) is 0. The number of nitrogens with zero attached hydrogens (tertiary/aromatic N) is 1. The van der Waals surface area contributed by atoms with Crippen molar-refractivity contribution in [2.24, 2.45) is 0 Å². The van der Waals surface area contributed by atoms with Crippen LogP contribution < -0.4 is 0 Å². The van der Waals surface area contributed by atoms with Crippen LogP contribution in [0.5, 0.6) is 0 Å². The number of furan rings is 1. The van der Waals surface area contributed by atoms with E-state index in [-0.39, 0.29) is 12.6 Å². The van der Waals surface area contributed by atoms with Crippen molar-refractivity contribution >= 4 is 5.97 Å². The van der Waals surface area contributed by atoms with Gasteiger partial charge in [-0.2, -0.15) is 0 Å². The Morgan fingerprint density at radius 3 is 3.06 bits per heavy atom. The van der Waals surface area contributed by atoms with Gasteiger partial charge in [-0.15, -0.1) is 0 Å². The molecule has 2 aromatic heterocycles. The average molecular weight is 217 g/mol. The zero-order valence-corrected chi connectivity index (χ0v) is 8.84. The van der Waals surface area contributed by atoms with E-state index in [1.165, 1.54) is 12.5 Å². The van der Waals surface area contributed by atoms with Gasteiger partial charge in [-0.25, -0.2) is 4.79 Å². The summed E-state index contributed by atoms with van der Waals surface area (Å²) in [6.07, 6.45) is 6.26. The fourth-order valence-corrected chi connectivity index (χ4v) is 1.27. The predicted octanol–water partition coefficient (Wildman–Crippen LogP) is 2.34. The van der Waals surface area contributed by atoms with Gasteiger partial charge in [0.1, 0.15) is 6.61 Å². The van der Waals surface area contributed by atoms with Crippen LogP contribution in [0.25, 0.3) is 0 Å². The van der Waals surface area contributed by atoms with Crippen molar-refractivity contribution in [1.82, 2.24) is 4.98 Å². The van der Waals surface area contributed by atoms with Crippen LogP contribution in [0.4, 0.5) is 0 Å². The number of rotatable bonds is 3. The van der Waals surface area contributed by atoms with Crippen molar-refractivity contribution in [1.29, 1.82) is 0 Å². The first kappa shape index (κ1) is 10.4. The number of hydrogen-bond donors (Lipinski definition) is 0. The number of hydrogen-bond acceptors (Lipinski definition) is 4. The summed E-state index contributed by atoms with van der Waals surface area (Å²) in [5.41, 5.74) is 2.22. The molecule has 2 aromatic rings. The standard InChI is InChI=1S/C12H11NO3/c1-9-4-11(6-13-5-9)12(14)16-8-10-2-3-15-7-10/h2-7H,8H2,1H3. The van der Waals surface area contributed by atoms with Gasteiger partial charge in [-0.1, -0.05) is 0 Å². The zero-order chi connectivity index (χ0) is 11.4. The minimum atomic E-state index is -0.377. The Balaban J connectivity index is 1.98. The number of aryl methyl sites for hydroxylation is 1. The summed E-state index contributed by atoms with van der Waals surface area (Å²) in [6, 6.07) is 3.49. The molecule has 0 aliphatic carbocycles. The van der Waals surface area contributed by atoms with Crippen molar-refractivity contribution in [3.8, 4) is 0 Å². The lowest BCUT2D eigenvalue weighted by atomic mass is 10.2. The highest BCUT2D eigenvalue weighted by Gasteiger charge is 2.08. The molecule has 0 unspecified atom stereocenters. The molecular weight excluding hydrogens is 206 g/mol. The average Bonchev–Trinajstić information content (AvgIpc) is 2.78. The molecule has 0 fully saturated rings. The molecule has 16 heavy (non-hydrogen) atoms. The lowest BCUT2D eigenvalue weighted by molar-refractivity contribution is 0.0471. The third-order valence-electron chi connectivity index (χ3n) is 2.06. The number of esters is 1. The summed E-state index contributed by atoms with van der Waals surface area (Å²) in [4.78, 5) is 15.5. The SMILES string of the molecule is Cc1cncc(C(=O)OCc2ccoc2)c1. The van der Waals surface area contributed by atoms with Gasteiger partial charge in [-0.3, -0.25) is 4.98 Å². The predicted molar refractivity (Wildman–Crippen MR) is 56.8 cm³/mol. The highest BCUT2D eigenvalue weighted by molar-refractivity contribution is 5.89. The summed E-state index contributed by atoms with van der Waals surface area (Å²) in [6.45, 7) is 2.09. The Morgan fingerprint density at radius 2 is 2.38 bits per heavy atom. The molecule has 2 rings (SSSR count). The summed E-state index contributed by atoms with van der Waals surface area (Å²) in [5.74, 6) is -0.377. The molecule has 4 heteroatoms. The minimum Gasteiger partial charge on any atom is -0.472 e. The molecule has 0 aromatic carbocycles. The summed E-state index contributed by atoms with van der Waals surface area (Å²) < 4.78 is 9.96. The van der Waals surface area contributed by atoms with Crippen LogP contribution in [0.2, 0.25) is 0 Å². The number of aromatic nitrogens is 1. The van der Waals surface area contributed by atoms with Crippen LogP contribution in [0, 0.1) is 6.92 Å². The maximum absolute atomic E-state index is 11.6. The molecule has 0 saturated carbocycles. The maximum atomic E-state index is 11.6. The molecule has 0 saturated heterocycles. The first-order chi connectivity index (χ1) is 7.75. The quantitative estimate of drug-likeness (QED) is 0.740. The monoisotopic (exact) mass is 217 g/mol. The third-order valence-corrected chi connectivity index (χ3v) is 2.06. The van der Waals surface area contributed by atoms with Gasteiger partial charge in [-0.05, 0) is 24.6 Å². The molecule has 0 radical (unpaired) electrons. The molecule has 0 amide bonds. The van der Waals surface area contributed by atoms with Gasteiger partial charge in [0, 0.05) is 18.0 Å². The van der Waals surface area contributed by atoms with Crippen molar-refractivity contribution in [2.75, 3.05) is 0 Å². The Bertz CT molecular complexity index is 477. The molecule has 82 valence electrons. The van der Waals surface area contributed by atoms with Crippen LogP contribution in [0.1, 0.15) is 21.5 Å². The van der Waals surface area contributed by atoms with Gasteiger partial charge in [0.2, 0.25) is 0 Å². The van der Waals surface area contributed by atoms with E-state index in [2.05, 4.69) is 4.98 Å². The van der Waals surface area contributed by atoms with E-state index >= 15 is 0 Å². The number of carbonyl (C=O) groups is 1. The van der Waals surface area contributed by atoms with E-state index in [0.717, 1.165) is 11.1 Å². The van der Waals surface area contributed by atoms with Crippen LogP contribution in [0.15, 0.2) is 41.5 Å². The highest BCUT2D eigenvalue weighted by Crippen LogP contribution is 2.07. The van der Waals surface area contributed by atoms with E-state index in [0.29, 0.717) is 5.56 Å². The van der Waals surface area contributed by atoms with Crippen LogP contribution in [-0.2, 0) is 11.3 Å². The Morgan fingerprint density at radius 1 is 1.50 bits per heavy atom. The largest absolute Gasteiger partial charge is 0.472 e. The lowest BCUT2D eigenvalue weighted by Gasteiger charge is -2.03. The number of ether oxygens (including phenoxy) is 1. The first-order valence-corrected chi connectivity index (χ1v) is 4.85. The molecule has 4 nitrogen and oxygen atoms in total. The normalized spacial score (nSPS) is 10.1. The van der Waals surface area contributed by atoms with E-state index in [1.807, 2.05) is 6.92 Å². The van der Waals surface area contributed by atoms with Gasteiger partial charge in [0.15, 0.2) is 0 Å². The molecule has 2 heterocycles. The molecular formula is C12H11NO3. The topological polar surface area (TPSA) is 52.3 Å². The van der Waals surface area contributed by atoms with Crippen molar-refractivity contribution < 1.29 is 13.9 Å². The summed E-state index contributed by atoms with van der Waals surface area (Å²) >= 11 is 0. The van der Waals surface area contributed by atoms with Crippen molar-refractivity contribution in [2.45, 2.75) is 13.5 Å². The smallest absolute Gasteiger partial charge is 0.340 e. The number of pyridine rings is 1. The van der Waals surface area contributed by atoms with Crippen LogP contribution >= 0.6 is 0 Å². The Labute approximate surface area is 92.9 Å². The molecule has 0 spiro atoms. The van der Waals surface area contributed by atoms with Gasteiger partial charge in [0.05, 0.1) is 18.1 Å². The second-order valence-electron chi connectivity index (χ2n) is 3.46. The first-order valence-electron chi connectivity index (χ1n) is 4.85. The number of carbonyl (C=O) groups excluding carboxylic acids is 1. The molecule has 0 aliphatic heterocycles. The second kappa shape index (κ2) is 4.61. The highest BCUT2D eigenvalue weighted by atomic mass is 16.5. The Kier molecular flexibility index (Phi) is 3.00. The van der Waals surface area contributed by atoms with Gasteiger partial charge < -0.3 is 9.15 Å². The van der Waals surface area contributed by atoms with Crippen molar-refractivity contribution in [3.05, 3.63) is 53.7 Å². The maximum Gasteiger partial charge on any atom is 0.340 e. The lowest BCUT2D eigenvalue weighted by Crippen LogP contribution is -2.05. The Hall–Kier alpha value is -2.10. The van der Waals surface area contributed by atoms with Crippen LogP contribution in [-0.4, -0.2) is 11.0 Å². The van der Waals surface area contributed by atoms with E-state index in [4.69, 9.17) is 9.15 Å². The summed E-state index contributed by atoms with van der Waals surface area (Å²) in [7, 11) is 0. The molecule has 0 N–H and O–H groups in total. The van der Waals surface area contributed by atoms with E-state index < -0.39 is 0 Å². The van der Waals surface area contributed by atoms with Gasteiger partial charge >= 0.3 is 5.97 Å². The third kappa shape index (κ3) is 2.48. The van der Waals surface area contributed by atoms with E-state index in [1.54, 1.807) is 24.6 Å². The second-order valence-corrected chi connectivity index (χ2v) is 3.46. The van der Waals surface area contributed by atoms with E-state index in [9.17, 15) is 4.79 Å². The van der Waals surface area contributed by atoms with Gasteiger partial charge in [0.25, 0.3) is 0 Å².